The molecule has 0 aromatic carbocycles. The summed E-state index contributed by atoms with van der Waals surface area (Å²) in [6.07, 6.45) is 19.9. The molecule has 1 fully saturated rings. The van der Waals surface area contributed by atoms with E-state index in [0.717, 1.165) is 44.9 Å². The van der Waals surface area contributed by atoms with E-state index in [4.69, 9.17) is 4.74 Å². The van der Waals surface area contributed by atoms with Gasteiger partial charge in [0, 0.05) is 29.6 Å². The minimum Gasteiger partial charge on any atom is -0.371 e. The largest absolute Gasteiger partial charge is 0.371 e. The normalized spacial score (nSPS) is 30.7. The van der Waals surface area contributed by atoms with E-state index in [1.807, 2.05) is 6.20 Å². The molecule has 1 aromatic heterocycles. The summed E-state index contributed by atoms with van der Waals surface area (Å²) in [6.45, 7) is 4.24. The quantitative estimate of drug-likeness (QED) is 0.672. The molecule has 0 aliphatic heterocycles. The number of H-pyrrole nitrogens is 1. The zero-order chi connectivity index (χ0) is 21.4. The lowest BCUT2D eigenvalue weighted by Crippen LogP contribution is -2.47. The standard InChI is InChI=1S/C26H37N3O2/c1-17(2)31-25-6-4-3-5-23(25)18-7-9-19(10-8-18)26(30)29(21-11-12-21)22-13-14-24-20(15-22)16-27-28-24/h4,6-7,16-17,19,21-23,25H,3,5,8-15H2,1-2H3,(H,27,28). The van der Waals surface area contributed by atoms with Crippen LogP contribution in [0.2, 0.25) is 0 Å². The Balaban J connectivity index is 1.25. The van der Waals surface area contributed by atoms with Gasteiger partial charge >= 0.3 is 0 Å². The van der Waals surface area contributed by atoms with Crippen LogP contribution in [0.5, 0.6) is 0 Å². The number of fused-ring (bicyclic) bond motifs is 1. The Morgan fingerprint density at radius 3 is 2.77 bits per heavy atom. The second kappa shape index (κ2) is 8.93. The van der Waals surface area contributed by atoms with Gasteiger partial charge in [-0.1, -0.05) is 23.8 Å². The number of rotatable bonds is 6. The van der Waals surface area contributed by atoms with Crippen LogP contribution in [0.3, 0.4) is 0 Å². The minimum absolute atomic E-state index is 0.152. The van der Waals surface area contributed by atoms with Gasteiger partial charge in [0.15, 0.2) is 0 Å². The summed E-state index contributed by atoms with van der Waals surface area (Å²) in [7, 11) is 0. The monoisotopic (exact) mass is 423 g/mol. The maximum absolute atomic E-state index is 13.7. The van der Waals surface area contributed by atoms with Crippen LogP contribution in [0.25, 0.3) is 0 Å². The van der Waals surface area contributed by atoms with Gasteiger partial charge in [0.1, 0.15) is 0 Å². The zero-order valence-corrected chi connectivity index (χ0v) is 19.1. The topological polar surface area (TPSA) is 58.2 Å². The number of carbonyl (C=O) groups excluding carboxylic acids is 1. The van der Waals surface area contributed by atoms with Crippen molar-refractivity contribution in [1.82, 2.24) is 15.1 Å². The molecule has 168 valence electrons. The van der Waals surface area contributed by atoms with E-state index in [1.165, 1.54) is 36.1 Å². The molecule has 4 aliphatic carbocycles. The first-order valence-electron chi connectivity index (χ1n) is 12.4. The molecular weight excluding hydrogens is 386 g/mol. The van der Waals surface area contributed by atoms with Crippen molar-refractivity contribution in [3.63, 3.8) is 0 Å². The molecule has 1 amide bonds. The number of amides is 1. The molecule has 5 nitrogen and oxygen atoms in total. The van der Waals surface area contributed by atoms with E-state index in [-0.39, 0.29) is 18.1 Å². The molecular formula is C26H37N3O2. The molecule has 1 heterocycles. The van der Waals surface area contributed by atoms with Gasteiger partial charge in [0.25, 0.3) is 0 Å². The SMILES string of the molecule is CC(C)OC1C=CCCC1C1=CCC(C(=O)N(C2CC2)C2CCc3[nH]ncc3C2)CC1. The van der Waals surface area contributed by atoms with E-state index in [1.54, 1.807) is 0 Å². The molecule has 1 aromatic rings. The number of aromatic amines is 1. The molecule has 0 bridgehead atoms. The van der Waals surface area contributed by atoms with Crippen LogP contribution in [0.1, 0.15) is 76.5 Å². The first kappa shape index (κ1) is 21.0. The van der Waals surface area contributed by atoms with Crippen LogP contribution in [0.15, 0.2) is 30.0 Å². The van der Waals surface area contributed by atoms with Crippen LogP contribution >= 0.6 is 0 Å². The highest BCUT2D eigenvalue weighted by Crippen LogP contribution is 2.39. The average Bonchev–Trinajstić information content (AvgIpc) is 3.49. The Labute approximate surface area is 186 Å². The molecule has 5 heteroatoms. The number of aryl methyl sites for hydroxylation is 1. The molecule has 4 atom stereocenters. The third kappa shape index (κ3) is 4.52. The Morgan fingerprint density at radius 1 is 1.16 bits per heavy atom. The van der Waals surface area contributed by atoms with Crippen LogP contribution in [-0.2, 0) is 22.4 Å². The van der Waals surface area contributed by atoms with Gasteiger partial charge in [-0.2, -0.15) is 5.10 Å². The third-order valence-corrected chi connectivity index (χ3v) is 7.65. The molecule has 1 saturated carbocycles. The number of nitrogens with zero attached hydrogens (tertiary/aromatic N) is 2. The van der Waals surface area contributed by atoms with Gasteiger partial charge in [-0.05, 0) is 83.6 Å². The van der Waals surface area contributed by atoms with Crippen LogP contribution < -0.4 is 0 Å². The smallest absolute Gasteiger partial charge is 0.226 e. The van der Waals surface area contributed by atoms with Crippen molar-refractivity contribution < 1.29 is 9.53 Å². The number of hydrogen-bond acceptors (Lipinski definition) is 3. The lowest BCUT2D eigenvalue weighted by atomic mass is 9.77. The molecule has 5 rings (SSSR count). The number of carbonyl (C=O) groups is 1. The fourth-order valence-corrected chi connectivity index (χ4v) is 5.93. The summed E-state index contributed by atoms with van der Waals surface area (Å²) < 4.78 is 6.20. The molecule has 4 unspecified atom stereocenters. The van der Waals surface area contributed by atoms with Gasteiger partial charge < -0.3 is 9.64 Å². The summed E-state index contributed by atoms with van der Waals surface area (Å²) in [5, 5.41) is 7.35. The summed E-state index contributed by atoms with van der Waals surface area (Å²) in [5.41, 5.74) is 4.10. The number of allylic oxidation sites excluding steroid dienone is 2. The number of ether oxygens (including phenoxy) is 1. The van der Waals surface area contributed by atoms with Gasteiger partial charge in [-0.15, -0.1) is 0 Å². The number of aromatic nitrogens is 2. The summed E-state index contributed by atoms with van der Waals surface area (Å²) in [4.78, 5) is 16.0. The predicted molar refractivity (Wildman–Crippen MR) is 122 cm³/mol. The molecule has 31 heavy (non-hydrogen) atoms. The Hall–Kier alpha value is -1.88. The van der Waals surface area contributed by atoms with Crippen molar-refractivity contribution in [2.24, 2.45) is 11.8 Å². The highest BCUT2D eigenvalue weighted by molar-refractivity contribution is 5.80. The van der Waals surface area contributed by atoms with E-state index in [0.29, 0.717) is 23.9 Å². The van der Waals surface area contributed by atoms with Crippen molar-refractivity contribution in [2.45, 2.75) is 102 Å². The maximum atomic E-state index is 13.7. The third-order valence-electron chi connectivity index (χ3n) is 7.65. The van der Waals surface area contributed by atoms with Crippen molar-refractivity contribution >= 4 is 5.91 Å². The van der Waals surface area contributed by atoms with Crippen LogP contribution in [0, 0.1) is 11.8 Å². The van der Waals surface area contributed by atoms with Crippen molar-refractivity contribution in [2.75, 3.05) is 0 Å². The summed E-state index contributed by atoms with van der Waals surface area (Å²) in [5.74, 6) is 1.05. The zero-order valence-electron chi connectivity index (χ0n) is 19.1. The Kier molecular flexibility index (Phi) is 6.05. The molecule has 4 aliphatic rings. The average molecular weight is 424 g/mol. The van der Waals surface area contributed by atoms with Crippen molar-refractivity contribution in [1.29, 1.82) is 0 Å². The number of nitrogens with one attached hydrogen (secondary N) is 1. The van der Waals surface area contributed by atoms with Gasteiger partial charge in [0.05, 0.1) is 18.4 Å². The van der Waals surface area contributed by atoms with Crippen LogP contribution in [0.4, 0.5) is 0 Å². The predicted octanol–water partition coefficient (Wildman–Crippen LogP) is 4.74. The highest BCUT2D eigenvalue weighted by Gasteiger charge is 2.41. The Morgan fingerprint density at radius 2 is 2.03 bits per heavy atom. The number of hydrogen-bond donors (Lipinski definition) is 1. The molecule has 0 spiro atoms. The van der Waals surface area contributed by atoms with Gasteiger partial charge in [0.2, 0.25) is 5.91 Å². The van der Waals surface area contributed by atoms with Crippen molar-refractivity contribution in [3.05, 3.63) is 41.3 Å². The summed E-state index contributed by atoms with van der Waals surface area (Å²) in [6, 6.07) is 0.825. The first-order chi connectivity index (χ1) is 15.1. The van der Waals surface area contributed by atoms with Gasteiger partial charge in [-0.25, -0.2) is 0 Å². The van der Waals surface area contributed by atoms with Crippen LogP contribution in [-0.4, -0.2) is 45.3 Å². The fourth-order valence-electron chi connectivity index (χ4n) is 5.93. The molecule has 0 saturated heterocycles. The summed E-state index contributed by atoms with van der Waals surface area (Å²) >= 11 is 0. The second-order valence-electron chi connectivity index (χ2n) is 10.3. The Bertz CT molecular complexity index is 851. The second-order valence-corrected chi connectivity index (χ2v) is 10.3. The fraction of sp³-hybridized carbons (Fsp3) is 0.692. The van der Waals surface area contributed by atoms with E-state index in [2.05, 4.69) is 47.2 Å². The lowest BCUT2D eigenvalue weighted by Gasteiger charge is -2.38. The van der Waals surface area contributed by atoms with Gasteiger partial charge in [-0.3, -0.25) is 9.89 Å². The van der Waals surface area contributed by atoms with E-state index in [9.17, 15) is 4.79 Å². The lowest BCUT2D eigenvalue weighted by molar-refractivity contribution is -0.139. The minimum atomic E-state index is 0.152. The first-order valence-corrected chi connectivity index (χ1v) is 12.4. The van der Waals surface area contributed by atoms with Crippen molar-refractivity contribution in [3.8, 4) is 0 Å². The molecule has 1 N–H and O–H groups in total. The molecule has 0 radical (unpaired) electrons. The van der Waals surface area contributed by atoms with E-state index < -0.39 is 0 Å². The highest BCUT2D eigenvalue weighted by atomic mass is 16.5. The van der Waals surface area contributed by atoms with E-state index >= 15 is 0 Å². The maximum Gasteiger partial charge on any atom is 0.226 e.